The van der Waals surface area contributed by atoms with E-state index in [1.807, 2.05) is 37.3 Å². The van der Waals surface area contributed by atoms with Crippen molar-refractivity contribution in [2.24, 2.45) is 10.7 Å². The molecule has 0 spiro atoms. The number of carboxylic acid groups (broad SMARTS) is 1. The van der Waals surface area contributed by atoms with Crippen LogP contribution in [0.15, 0.2) is 65.8 Å². The summed E-state index contributed by atoms with van der Waals surface area (Å²) in [6, 6.07) is 17.3. The number of phenols is 1. The number of nitrogens with zero attached hydrogens (tertiary/aromatic N) is 3. The molecule has 0 saturated carbocycles. The van der Waals surface area contributed by atoms with Gasteiger partial charge in [0.2, 0.25) is 5.88 Å². The Kier molecular flexibility index (Phi) is 7.39. The highest BCUT2D eigenvalue weighted by Crippen LogP contribution is 2.28. The molecule has 0 amide bonds. The van der Waals surface area contributed by atoms with Gasteiger partial charge in [-0.3, -0.25) is 4.99 Å². The first-order chi connectivity index (χ1) is 15.9. The molecule has 3 rings (SSSR count). The third-order valence-electron chi connectivity index (χ3n) is 4.75. The minimum atomic E-state index is -1.19. The molecule has 0 aliphatic rings. The second kappa shape index (κ2) is 10.6. The largest absolute Gasteiger partial charge is 0.507 e. The van der Waals surface area contributed by atoms with Gasteiger partial charge in [-0.25, -0.2) is 9.78 Å². The zero-order chi connectivity index (χ0) is 23.8. The molecule has 166 valence electrons. The number of aromatic hydroxyl groups is 1. The van der Waals surface area contributed by atoms with Crippen molar-refractivity contribution in [1.29, 1.82) is 5.26 Å². The molecule has 8 nitrogen and oxygen atoms in total. The molecule has 0 atom stereocenters. The van der Waals surface area contributed by atoms with Crippen LogP contribution in [-0.2, 0) is 0 Å². The first kappa shape index (κ1) is 23.0. The van der Waals surface area contributed by atoms with Crippen molar-refractivity contribution in [2.45, 2.75) is 6.92 Å². The molecule has 0 aliphatic carbocycles. The Morgan fingerprint density at radius 3 is 2.70 bits per heavy atom. The van der Waals surface area contributed by atoms with Crippen LogP contribution in [0.5, 0.6) is 11.6 Å². The number of ether oxygens (including phenoxy) is 1. The third kappa shape index (κ3) is 5.74. The summed E-state index contributed by atoms with van der Waals surface area (Å²) in [5, 5.41) is 28.2. The van der Waals surface area contributed by atoms with Gasteiger partial charge in [0.15, 0.2) is 0 Å². The van der Waals surface area contributed by atoms with Gasteiger partial charge in [-0.05, 0) is 53.9 Å². The molecule has 0 radical (unpaired) electrons. The quantitative estimate of drug-likeness (QED) is 0.356. The summed E-state index contributed by atoms with van der Waals surface area (Å²) >= 11 is 0. The predicted octanol–water partition coefficient (Wildman–Crippen LogP) is 3.78. The Bertz CT molecular complexity index is 1280. The third-order valence-corrected chi connectivity index (χ3v) is 4.75. The summed E-state index contributed by atoms with van der Waals surface area (Å²) < 4.78 is 5.58. The standard InChI is InChI=1S/C25H22N4O4/c1-16-5-6-20(13-26)24(29-16)33-10-9-28-15-21(14-27)18-4-2-3-17(11-18)19-7-8-22(25(31)32)23(30)12-19/h2-8,11-12,14-15,30H,9-10,27H2,1H3,(H,31,32)/b21-14+,28-15?. The van der Waals surface area contributed by atoms with Crippen LogP contribution in [0, 0.1) is 18.3 Å². The van der Waals surface area contributed by atoms with Crippen molar-refractivity contribution in [3.8, 4) is 28.8 Å². The van der Waals surface area contributed by atoms with E-state index in [-0.39, 0.29) is 23.8 Å². The predicted molar refractivity (Wildman–Crippen MR) is 125 cm³/mol. The number of hydrogen-bond acceptors (Lipinski definition) is 7. The molecule has 0 saturated heterocycles. The van der Waals surface area contributed by atoms with Crippen LogP contribution in [0.4, 0.5) is 0 Å². The topological polar surface area (TPSA) is 142 Å². The van der Waals surface area contributed by atoms with Crippen LogP contribution >= 0.6 is 0 Å². The fraction of sp³-hybridized carbons (Fsp3) is 0.120. The number of aryl methyl sites for hydroxylation is 1. The lowest BCUT2D eigenvalue weighted by Crippen LogP contribution is -2.05. The number of aromatic carboxylic acids is 1. The van der Waals surface area contributed by atoms with Gasteiger partial charge in [0.1, 0.15) is 29.6 Å². The number of nitrogens with two attached hydrogens (primary N) is 1. The average Bonchev–Trinajstić information content (AvgIpc) is 2.81. The van der Waals surface area contributed by atoms with Gasteiger partial charge in [0.05, 0.1) is 6.54 Å². The van der Waals surface area contributed by atoms with Crippen molar-refractivity contribution < 1.29 is 19.7 Å². The maximum Gasteiger partial charge on any atom is 0.339 e. The zero-order valence-corrected chi connectivity index (χ0v) is 17.9. The van der Waals surface area contributed by atoms with Crippen molar-refractivity contribution in [3.05, 3.63) is 83.2 Å². The number of rotatable bonds is 8. The van der Waals surface area contributed by atoms with E-state index < -0.39 is 5.97 Å². The summed E-state index contributed by atoms with van der Waals surface area (Å²) in [6.07, 6.45) is 3.06. The van der Waals surface area contributed by atoms with Gasteiger partial charge in [0, 0.05) is 23.7 Å². The van der Waals surface area contributed by atoms with E-state index >= 15 is 0 Å². The Hall–Kier alpha value is -4.64. The summed E-state index contributed by atoms with van der Waals surface area (Å²) in [6.45, 7) is 2.40. The molecule has 4 N–H and O–H groups in total. The van der Waals surface area contributed by atoms with Crippen LogP contribution < -0.4 is 10.5 Å². The Morgan fingerprint density at radius 2 is 2.00 bits per heavy atom. The number of carbonyl (C=O) groups is 1. The van der Waals surface area contributed by atoms with Crippen LogP contribution in [0.3, 0.4) is 0 Å². The number of aliphatic imine (C=N–C) groups is 1. The second-order valence-electron chi connectivity index (χ2n) is 7.04. The Morgan fingerprint density at radius 1 is 1.21 bits per heavy atom. The van der Waals surface area contributed by atoms with Gasteiger partial charge in [-0.2, -0.15) is 5.26 Å². The molecule has 2 aromatic carbocycles. The minimum Gasteiger partial charge on any atom is -0.507 e. The number of pyridine rings is 1. The molecule has 1 heterocycles. The van der Waals surface area contributed by atoms with E-state index in [4.69, 9.17) is 20.8 Å². The highest BCUT2D eigenvalue weighted by atomic mass is 16.5. The summed E-state index contributed by atoms with van der Waals surface area (Å²) in [7, 11) is 0. The molecule has 1 aromatic heterocycles. The minimum absolute atomic E-state index is 0.158. The number of benzene rings is 2. The summed E-state index contributed by atoms with van der Waals surface area (Å²) in [5.74, 6) is -1.21. The monoisotopic (exact) mass is 442 g/mol. The fourth-order valence-electron chi connectivity index (χ4n) is 3.07. The van der Waals surface area contributed by atoms with E-state index in [0.717, 1.165) is 16.8 Å². The first-order valence-corrected chi connectivity index (χ1v) is 10.0. The first-order valence-electron chi connectivity index (χ1n) is 10.0. The summed E-state index contributed by atoms with van der Waals surface area (Å²) in [5.41, 5.74) is 9.69. The molecule has 0 aliphatic heterocycles. The van der Waals surface area contributed by atoms with Crippen molar-refractivity contribution >= 4 is 17.8 Å². The Balaban J connectivity index is 1.68. The van der Waals surface area contributed by atoms with Gasteiger partial charge in [-0.1, -0.05) is 24.3 Å². The average molecular weight is 442 g/mol. The number of hydrogen-bond donors (Lipinski definition) is 3. The lowest BCUT2D eigenvalue weighted by molar-refractivity contribution is 0.0693. The van der Waals surface area contributed by atoms with Gasteiger partial charge in [0.25, 0.3) is 0 Å². The van der Waals surface area contributed by atoms with E-state index in [9.17, 15) is 9.90 Å². The smallest absolute Gasteiger partial charge is 0.339 e. The number of allylic oxidation sites excluding steroid dienone is 1. The Labute approximate surface area is 190 Å². The fourth-order valence-corrected chi connectivity index (χ4v) is 3.07. The van der Waals surface area contributed by atoms with E-state index in [0.29, 0.717) is 23.2 Å². The molecule has 0 bridgehead atoms. The van der Waals surface area contributed by atoms with E-state index in [1.165, 1.54) is 18.3 Å². The molecule has 33 heavy (non-hydrogen) atoms. The molecular weight excluding hydrogens is 420 g/mol. The molecule has 3 aromatic rings. The van der Waals surface area contributed by atoms with Crippen LogP contribution in [0.1, 0.15) is 27.2 Å². The SMILES string of the molecule is Cc1ccc(C#N)c(OCCN=C/C(=C\N)c2cccc(-c3ccc(C(=O)O)c(O)c3)c2)n1. The molecular formula is C25H22N4O4. The second-order valence-corrected chi connectivity index (χ2v) is 7.04. The van der Waals surface area contributed by atoms with Crippen molar-refractivity contribution in [3.63, 3.8) is 0 Å². The van der Waals surface area contributed by atoms with Crippen LogP contribution in [0.25, 0.3) is 16.7 Å². The van der Waals surface area contributed by atoms with Crippen molar-refractivity contribution in [2.75, 3.05) is 13.2 Å². The highest BCUT2D eigenvalue weighted by molar-refractivity contribution is 6.10. The molecule has 8 heteroatoms. The maximum absolute atomic E-state index is 11.1. The lowest BCUT2D eigenvalue weighted by atomic mass is 9.98. The summed E-state index contributed by atoms with van der Waals surface area (Å²) in [4.78, 5) is 19.7. The van der Waals surface area contributed by atoms with Crippen LogP contribution in [0.2, 0.25) is 0 Å². The number of aromatic nitrogens is 1. The van der Waals surface area contributed by atoms with Crippen molar-refractivity contribution in [1.82, 2.24) is 4.98 Å². The van der Waals surface area contributed by atoms with Crippen LogP contribution in [-0.4, -0.2) is 40.5 Å². The number of nitriles is 1. The highest BCUT2D eigenvalue weighted by Gasteiger charge is 2.11. The number of carboxylic acids is 1. The van der Waals surface area contributed by atoms with Gasteiger partial charge >= 0.3 is 5.97 Å². The molecule has 0 fully saturated rings. The molecule has 0 unspecified atom stereocenters. The van der Waals surface area contributed by atoms with E-state index in [2.05, 4.69) is 9.98 Å². The van der Waals surface area contributed by atoms with Gasteiger partial charge in [-0.15, -0.1) is 0 Å². The maximum atomic E-state index is 11.1. The van der Waals surface area contributed by atoms with Gasteiger partial charge < -0.3 is 20.7 Å². The van der Waals surface area contributed by atoms with E-state index in [1.54, 1.807) is 24.4 Å². The zero-order valence-electron chi connectivity index (χ0n) is 17.9. The lowest BCUT2D eigenvalue weighted by Gasteiger charge is -2.08. The normalized spacial score (nSPS) is 11.3.